The number of nitrogens with two attached hydrogens (primary N) is 1. The summed E-state index contributed by atoms with van der Waals surface area (Å²) in [7, 11) is 0. The molecule has 1 amide bonds. The molecular weight excluding hydrogens is 236 g/mol. The Morgan fingerprint density at radius 2 is 1.82 bits per heavy atom. The molecule has 4 atom stereocenters. The fourth-order valence-electron chi connectivity index (χ4n) is 4.14. The van der Waals surface area contributed by atoms with Crippen molar-refractivity contribution in [2.45, 2.75) is 38.6 Å². The van der Waals surface area contributed by atoms with E-state index in [0.29, 0.717) is 12.5 Å². The van der Waals surface area contributed by atoms with E-state index in [1.807, 2.05) is 13.8 Å². The minimum atomic E-state index is -0.243. The molecule has 4 unspecified atom stereocenters. The van der Waals surface area contributed by atoms with E-state index in [9.17, 15) is 4.79 Å². The first-order chi connectivity index (χ1) is 7.53. The summed E-state index contributed by atoms with van der Waals surface area (Å²) in [6, 6.07) is 0. The lowest BCUT2D eigenvalue weighted by molar-refractivity contribution is -0.124. The molecule has 3 N–H and O–H groups in total. The number of nitrogens with one attached hydrogen (secondary N) is 1. The summed E-state index contributed by atoms with van der Waals surface area (Å²) in [5.41, 5.74) is 5.40. The minimum absolute atomic E-state index is 0. The van der Waals surface area contributed by atoms with E-state index >= 15 is 0 Å². The zero-order valence-electron chi connectivity index (χ0n) is 10.6. The molecule has 0 aromatic carbocycles. The number of halogens is 1. The van der Waals surface area contributed by atoms with E-state index in [2.05, 4.69) is 5.32 Å². The minimum Gasteiger partial charge on any atom is -0.350 e. The fraction of sp³-hybridized carbons (Fsp3) is 0.923. The molecule has 2 bridgehead atoms. The first kappa shape index (κ1) is 13.2. The molecular formula is C13H23ClN2O. The van der Waals surface area contributed by atoms with Crippen molar-refractivity contribution in [1.82, 2.24) is 5.32 Å². The lowest BCUT2D eigenvalue weighted by Crippen LogP contribution is -2.49. The van der Waals surface area contributed by atoms with Crippen LogP contribution in [0.3, 0.4) is 0 Å². The van der Waals surface area contributed by atoms with Crippen molar-refractivity contribution in [1.29, 1.82) is 0 Å². The number of carbonyl (C=O) groups is 1. The van der Waals surface area contributed by atoms with Crippen LogP contribution in [0.25, 0.3) is 0 Å². The lowest BCUT2D eigenvalue weighted by Gasteiger charge is -2.25. The second kappa shape index (κ2) is 4.13. The van der Waals surface area contributed by atoms with Crippen molar-refractivity contribution in [2.75, 3.05) is 6.54 Å². The number of rotatable bonds is 3. The van der Waals surface area contributed by atoms with Gasteiger partial charge in [-0.05, 0) is 56.8 Å². The Labute approximate surface area is 109 Å². The van der Waals surface area contributed by atoms with Gasteiger partial charge in [0.1, 0.15) is 0 Å². The molecule has 3 aliphatic rings. The van der Waals surface area contributed by atoms with E-state index in [1.165, 1.54) is 19.3 Å². The molecule has 3 saturated carbocycles. The normalized spacial score (nSPS) is 41.7. The topological polar surface area (TPSA) is 55.1 Å². The Bertz CT molecular complexity index is 315. The van der Waals surface area contributed by atoms with Crippen molar-refractivity contribution < 1.29 is 4.79 Å². The number of hydrogen-bond donors (Lipinski definition) is 2. The van der Waals surface area contributed by atoms with Crippen LogP contribution in [0.1, 0.15) is 33.1 Å². The molecule has 3 aliphatic carbocycles. The average Bonchev–Trinajstić information content (AvgIpc) is 2.69. The Hall–Kier alpha value is -0.280. The number of hydrogen-bond acceptors (Lipinski definition) is 2. The molecule has 17 heavy (non-hydrogen) atoms. The molecule has 0 heterocycles. The van der Waals surface area contributed by atoms with Gasteiger partial charge in [0.05, 0.1) is 0 Å². The highest BCUT2D eigenvalue weighted by Crippen LogP contribution is 2.69. The number of fused-ring (bicyclic) bond motifs is 5. The summed E-state index contributed by atoms with van der Waals surface area (Å²) in [5, 5.41) is 3.10. The Kier molecular flexibility index (Phi) is 3.20. The van der Waals surface area contributed by atoms with Crippen LogP contribution in [0.4, 0.5) is 0 Å². The first-order valence-corrected chi connectivity index (χ1v) is 6.55. The predicted octanol–water partition coefficient (Wildman–Crippen LogP) is 1.55. The maximum atomic E-state index is 12.1. The summed E-state index contributed by atoms with van der Waals surface area (Å²) in [5.74, 6) is 3.79. The Morgan fingerprint density at radius 3 is 2.29 bits per heavy atom. The molecule has 3 fully saturated rings. The van der Waals surface area contributed by atoms with Crippen molar-refractivity contribution in [3.05, 3.63) is 0 Å². The van der Waals surface area contributed by atoms with Crippen molar-refractivity contribution in [3.8, 4) is 0 Å². The van der Waals surface area contributed by atoms with Gasteiger partial charge in [0.25, 0.3) is 0 Å². The van der Waals surface area contributed by atoms with Crippen LogP contribution in [0.15, 0.2) is 0 Å². The van der Waals surface area contributed by atoms with Gasteiger partial charge in [0.2, 0.25) is 5.91 Å². The van der Waals surface area contributed by atoms with Gasteiger partial charge in [-0.15, -0.1) is 12.4 Å². The van der Waals surface area contributed by atoms with E-state index < -0.39 is 0 Å². The number of amides is 1. The Morgan fingerprint density at radius 1 is 1.29 bits per heavy atom. The summed E-state index contributed by atoms with van der Waals surface area (Å²) in [6.45, 7) is 4.50. The zero-order valence-corrected chi connectivity index (χ0v) is 11.4. The third kappa shape index (κ3) is 1.97. The van der Waals surface area contributed by atoms with Crippen LogP contribution in [0, 0.1) is 29.6 Å². The monoisotopic (exact) mass is 258 g/mol. The molecule has 98 valence electrons. The SMILES string of the molecule is CC(C)(CN)NC(=O)C1C2C3CCC(C3)C12.Cl. The highest BCUT2D eigenvalue weighted by Gasteiger charge is 2.67. The summed E-state index contributed by atoms with van der Waals surface area (Å²) in [4.78, 5) is 12.1. The van der Waals surface area contributed by atoms with Gasteiger partial charge < -0.3 is 11.1 Å². The third-order valence-corrected chi connectivity index (χ3v) is 5.01. The predicted molar refractivity (Wildman–Crippen MR) is 69.8 cm³/mol. The molecule has 0 aromatic heterocycles. The molecule has 0 spiro atoms. The van der Waals surface area contributed by atoms with Crippen molar-refractivity contribution in [3.63, 3.8) is 0 Å². The molecule has 3 rings (SSSR count). The quantitative estimate of drug-likeness (QED) is 0.807. The van der Waals surface area contributed by atoms with Gasteiger partial charge in [-0.25, -0.2) is 0 Å². The van der Waals surface area contributed by atoms with Crippen LogP contribution in [0.2, 0.25) is 0 Å². The number of carbonyl (C=O) groups excluding carboxylic acids is 1. The van der Waals surface area contributed by atoms with Crippen LogP contribution < -0.4 is 11.1 Å². The van der Waals surface area contributed by atoms with Gasteiger partial charge in [-0.2, -0.15) is 0 Å². The third-order valence-electron chi connectivity index (χ3n) is 5.01. The van der Waals surface area contributed by atoms with E-state index in [0.717, 1.165) is 23.7 Å². The first-order valence-electron chi connectivity index (χ1n) is 6.55. The van der Waals surface area contributed by atoms with Crippen LogP contribution in [0.5, 0.6) is 0 Å². The van der Waals surface area contributed by atoms with E-state index in [4.69, 9.17) is 5.73 Å². The van der Waals surface area contributed by atoms with Gasteiger partial charge in [-0.3, -0.25) is 4.79 Å². The molecule has 0 aromatic rings. The van der Waals surface area contributed by atoms with Gasteiger partial charge >= 0.3 is 0 Å². The zero-order chi connectivity index (χ0) is 11.5. The second-order valence-corrected chi connectivity index (χ2v) is 6.59. The Balaban J connectivity index is 0.00000108. The fourth-order valence-corrected chi connectivity index (χ4v) is 4.14. The van der Waals surface area contributed by atoms with Crippen LogP contribution in [-0.4, -0.2) is 18.0 Å². The molecule has 0 aliphatic heterocycles. The standard InChI is InChI=1S/C13H22N2O.ClH/c1-13(2,6-14)15-12(16)11-9-7-3-4-8(5-7)10(9)11;/h7-11H,3-6,14H2,1-2H3,(H,15,16);1H. The summed E-state index contributed by atoms with van der Waals surface area (Å²) >= 11 is 0. The van der Waals surface area contributed by atoms with Crippen molar-refractivity contribution in [2.24, 2.45) is 35.3 Å². The van der Waals surface area contributed by atoms with Gasteiger partial charge in [0, 0.05) is 18.0 Å². The summed E-state index contributed by atoms with van der Waals surface area (Å²) < 4.78 is 0. The van der Waals surface area contributed by atoms with E-state index in [1.54, 1.807) is 0 Å². The average molecular weight is 259 g/mol. The molecule has 0 saturated heterocycles. The second-order valence-electron chi connectivity index (χ2n) is 6.59. The highest BCUT2D eigenvalue weighted by molar-refractivity contribution is 5.85. The molecule has 0 radical (unpaired) electrons. The molecule has 3 nitrogen and oxygen atoms in total. The van der Waals surface area contributed by atoms with Crippen molar-refractivity contribution >= 4 is 18.3 Å². The largest absolute Gasteiger partial charge is 0.350 e. The van der Waals surface area contributed by atoms with E-state index in [-0.39, 0.29) is 23.9 Å². The summed E-state index contributed by atoms with van der Waals surface area (Å²) in [6.07, 6.45) is 4.14. The smallest absolute Gasteiger partial charge is 0.224 e. The van der Waals surface area contributed by atoms with Crippen LogP contribution in [-0.2, 0) is 4.79 Å². The van der Waals surface area contributed by atoms with Crippen LogP contribution >= 0.6 is 12.4 Å². The maximum Gasteiger partial charge on any atom is 0.224 e. The lowest BCUT2D eigenvalue weighted by atomic mass is 10.00. The molecule has 4 heteroatoms. The van der Waals surface area contributed by atoms with Gasteiger partial charge in [0.15, 0.2) is 0 Å². The maximum absolute atomic E-state index is 12.1. The van der Waals surface area contributed by atoms with Gasteiger partial charge in [-0.1, -0.05) is 0 Å². The highest BCUT2D eigenvalue weighted by atomic mass is 35.5.